The molecule has 5 heterocycles. The van der Waals surface area contributed by atoms with E-state index in [1.165, 1.54) is 38.2 Å². The Morgan fingerprint density at radius 2 is 1.30 bits per heavy atom. The van der Waals surface area contributed by atoms with Gasteiger partial charge in [-0.1, -0.05) is 13.8 Å². The second-order valence-corrected chi connectivity index (χ2v) is 10.4. The van der Waals surface area contributed by atoms with Gasteiger partial charge in [0.1, 0.15) is 18.0 Å². The molecule has 0 unspecified atom stereocenters. The van der Waals surface area contributed by atoms with E-state index in [4.69, 9.17) is 16.2 Å². The number of nitrogen functional groups attached to an aromatic ring is 2. The fourth-order valence-electron chi connectivity index (χ4n) is 4.27. The van der Waals surface area contributed by atoms with Crippen LogP contribution in [0.3, 0.4) is 0 Å². The van der Waals surface area contributed by atoms with Gasteiger partial charge in [-0.3, -0.25) is 4.79 Å². The number of aromatic nitrogens is 11. The van der Waals surface area contributed by atoms with E-state index >= 15 is 0 Å². The van der Waals surface area contributed by atoms with Crippen LogP contribution in [0.25, 0.3) is 11.9 Å². The van der Waals surface area contributed by atoms with Gasteiger partial charge in [0, 0.05) is 20.0 Å². The molecular weight excluding hydrogens is 614 g/mol. The van der Waals surface area contributed by atoms with Crippen molar-refractivity contribution in [3.05, 3.63) is 40.7 Å². The minimum absolute atomic E-state index is 0.0470. The molecule has 0 spiro atoms. The molecule has 21 heteroatoms. The van der Waals surface area contributed by atoms with Crippen molar-refractivity contribution in [1.82, 2.24) is 54.1 Å². The molecule has 0 saturated heterocycles. The number of esters is 1. The molecule has 5 aromatic rings. The van der Waals surface area contributed by atoms with E-state index < -0.39 is 18.4 Å². The van der Waals surface area contributed by atoms with E-state index in [2.05, 4.69) is 55.8 Å². The van der Waals surface area contributed by atoms with Crippen LogP contribution in [0.15, 0.2) is 32.9 Å². The first-order valence-electron chi connectivity index (χ1n) is 13.9. The number of carbonyl (C=O) groups is 2. The minimum atomic E-state index is -0.710. The van der Waals surface area contributed by atoms with Gasteiger partial charge in [-0.15, -0.1) is 20.5 Å². The number of ketones is 1. The number of hydrogen-bond donors (Lipinski definition) is 3. The number of nitrogens with two attached hydrogens (primary N) is 2. The average Bonchev–Trinajstić information content (AvgIpc) is 3.77. The van der Waals surface area contributed by atoms with Crippen LogP contribution in [0.2, 0.25) is 0 Å². The van der Waals surface area contributed by atoms with E-state index in [1.807, 2.05) is 13.8 Å². The second kappa shape index (κ2) is 12.6. The van der Waals surface area contributed by atoms with Crippen LogP contribution < -0.4 is 11.5 Å². The number of Topliss-reactive ketones (excluding diaryl/α,β-unsaturated/α-hetero) is 1. The summed E-state index contributed by atoms with van der Waals surface area (Å²) in [6.45, 7) is 6.41. The number of nitrogens with zero attached hydrogens (tertiary/aromatic N) is 15. The Balaban J connectivity index is 1.55. The standard InChI is InChI=1S/C26H31N17O4/c1-11(2)21-31-25(42-19(27)17(12(3)38-42)34-36-22-14(16(45)10-44)8-29-40(22)5)33-26(32-21)43-20(28)18(13(4)39-43)35-37-23-15(24(46)47-7)9-30-41(23)6/h8-9,11,44H,10,27-28H2,1-7H3. The first-order chi connectivity index (χ1) is 22.4. The second-order valence-electron chi connectivity index (χ2n) is 10.4. The van der Waals surface area contributed by atoms with Crippen LogP contribution in [0.1, 0.15) is 57.7 Å². The summed E-state index contributed by atoms with van der Waals surface area (Å²) in [6, 6.07) is 0. The molecule has 0 aliphatic carbocycles. The lowest BCUT2D eigenvalue weighted by Gasteiger charge is -2.10. The van der Waals surface area contributed by atoms with Gasteiger partial charge in [0.2, 0.25) is 0 Å². The normalized spacial score (nSPS) is 11.9. The predicted octanol–water partition coefficient (Wildman–Crippen LogP) is 2.41. The molecule has 244 valence electrons. The number of aliphatic hydroxyl groups excluding tert-OH is 1. The molecule has 0 aliphatic rings. The maximum Gasteiger partial charge on any atom is 0.343 e. The molecule has 21 nitrogen and oxygen atoms in total. The molecule has 0 aromatic carbocycles. The number of aryl methyl sites for hydroxylation is 4. The maximum atomic E-state index is 12.1. The van der Waals surface area contributed by atoms with E-state index in [1.54, 1.807) is 27.9 Å². The molecule has 0 radical (unpaired) electrons. The zero-order valence-electron chi connectivity index (χ0n) is 26.5. The lowest BCUT2D eigenvalue weighted by atomic mass is 10.2. The lowest BCUT2D eigenvalue weighted by Crippen LogP contribution is -2.16. The van der Waals surface area contributed by atoms with Crippen molar-refractivity contribution >= 4 is 46.4 Å². The third-order valence-electron chi connectivity index (χ3n) is 6.81. The number of hydrogen-bond acceptors (Lipinski definition) is 17. The summed E-state index contributed by atoms with van der Waals surface area (Å²) < 4.78 is 10.1. The zero-order valence-corrected chi connectivity index (χ0v) is 26.5. The Morgan fingerprint density at radius 1 is 0.830 bits per heavy atom. The Hall–Kier alpha value is -6.25. The number of ether oxygens (including phenoxy) is 1. The van der Waals surface area contributed by atoms with Crippen LogP contribution in [0, 0.1) is 13.8 Å². The Kier molecular flexibility index (Phi) is 8.64. The molecule has 5 N–H and O–H groups in total. The molecule has 0 atom stereocenters. The maximum absolute atomic E-state index is 12.1. The summed E-state index contributed by atoms with van der Waals surface area (Å²) in [7, 11) is 4.43. The third kappa shape index (κ3) is 5.93. The molecule has 0 bridgehead atoms. The molecule has 0 saturated carbocycles. The van der Waals surface area contributed by atoms with Crippen LogP contribution in [0.5, 0.6) is 0 Å². The van der Waals surface area contributed by atoms with Crippen molar-refractivity contribution in [2.75, 3.05) is 25.2 Å². The van der Waals surface area contributed by atoms with Gasteiger partial charge in [0.15, 0.2) is 40.4 Å². The van der Waals surface area contributed by atoms with Gasteiger partial charge in [-0.2, -0.15) is 44.7 Å². The fraction of sp³-hybridized carbons (Fsp3) is 0.346. The van der Waals surface area contributed by atoms with Gasteiger partial charge < -0.3 is 21.3 Å². The Morgan fingerprint density at radius 3 is 1.74 bits per heavy atom. The molecule has 47 heavy (non-hydrogen) atoms. The molecule has 5 rings (SSSR count). The van der Waals surface area contributed by atoms with E-state index in [-0.39, 0.29) is 63.6 Å². The number of carbonyl (C=O) groups excluding carboxylic acids is 2. The predicted molar refractivity (Wildman–Crippen MR) is 164 cm³/mol. The summed E-state index contributed by atoms with van der Waals surface area (Å²) in [4.78, 5) is 37.9. The molecule has 5 aromatic heterocycles. The SMILES string of the molecule is COC(=O)c1cnn(C)c1N=Nc1c(C)nn(-c2nc(C(C)C)nc(-n3nc(C)c(N=Nc4c(C(=O)CO)cnn4C)c3N)n2)c1N. The van der Waals surface area contributed by atoms with E-state index in [0.717, 1.165) is 0 Å². The summed E-state index contributed by atoms with van der Waals surface area (Å²) in [5, 5.41) is 43.1. The van der Waals surface area contributed by atoms with Gasteiger partial charge >= 0.3 is 5.97 Å². The first-order valence-corrected chi connectivity index (χ1v) is 13.9. The number of aliphatic hydroxyl groups is 1. The summed E-state index contributed by atoms with van der Waals surface area (Å²) in [5.41, 5.74) is 14.3. The number of methoxy groups -OCH3 is 1. The largest absolute Gasteiger partial charge is 0.465 e. The highest BCUT2D eigenvalue weighted by Crippen LogP contribution is 2.33. The summed E-state index contributed by atoms with van der Waals surface area (Å²) in [5.74, 6) is -0.465. The van der Waals surface area contributed by atoms with Crippen LogP contribution in [0.4, 0.5) is 34.6 Å². The Labute approximate surface area is 266 Å². The minimum Gasteiger partial charge on any atom is -0.465 e. The Bertz CT molecular complexity index is 1920. The molecule has 0 fully saturated rings. The summed E-state index contributed by atoms with van der Waals surface area (Å²) in [6.07, 6.45) is 2.61. The van der Waals surface area contributed by atoms with Crippen LogP contribution in [-0.2, 0) is 18.8 Å². The summed E-state index contributed by atoms with van der Waals surface area (Å²) >= 11 is 0. The highest BCUT2D eigenvalue weighted by Gasteiger charge is 2.23. The molecule has 0 amide bonds. The van der Waals surface area contributed by atoms with Gasteiger partial charge in [-0.05, 0) is 13.8 Å². The first kappa shape index (κ1) is 32.2. The monoisotopic (exact) mass is 645 g/mol. The topological polar surface area (TPSA) is 275 Å². The number of azo groups is 2. The third-order valence-corrected chi connectivity index (χ3v) is 6.81. The number of rotatable bonds is 10. The van der Waals surface area contributed by atoms with Gasteiger partial charge in [0.05, 0.1) is 36.5 Å². The molecule has 0 aliphatic heterocycles. The number of anilines is 2. The van der Waals surface area contributed by atoms with Crippen LogP contribution >= 0.6 is 0 Å². The molecular formula is C26H31N17O4. The quantitative estimate of drug-likeness (QED) is 0.112. The average molecular weight is 646 g/mol. The van der Waals surface area contributed by atoms with Crippen LogP contribution in [-0.4, -0.2) is 84.6 Å². The highest BCUT2D eigenvalue weighted by molar-refractivity contribution is 6.00. The van der Waals surface area contributed by atoms with Crippen molar-refractivity contribution in [2.24, 2.45) is 34.6 Å². The van der Waals surface area contributed by atoms with Gasteiger partial charge in [-0.25, -0.2) is 14.2 Å². The van der Waals surface area contributed by atoms with E-state index in [9.17, 15) is 14.7 Å². The smallest absolute Gasteiger partial charge is 0.343 e. The lowest BCUT2D eigenvalue weighted by molar-refractivity contribution is 0.0601. The van der Waals surface area contributed by atoms with Crippen molar-refractivity contribution in [3.8, 4) is 11.9 Å². The van der Waals surface area contributed by atoms with Crippen molar-refractivity contribution < 1.29 is 19.4 Å². The van der Waals surface area contributed by atoms with Crippen molar-refractivity contribution in [1.29, 1.82) is 0 Å². The highest BCUT2D eigenvalue weighted by atomic mass is 16.5. The van der Waals surface area contributed by atoms with E-state index in [0.29, 0.717) is 17.2 Å². The zero-order chi connectivity index (χ0) is 34.2. The van der Waals surface area contributed by atoms with Gasteiger partial charge in [0.25, 0.3) is 11.9 Å². The fourth-order valence-corrected chi connectivity index (χ4v) is 4.27. The van der Waals surface area contributed by atoms with Crippen molar-refractivity contribution in [2.45, 2.75) is 33.6 Å². The van der Waals surface area contributed by atoms with Crippen molar-refractivity contribution in [3.63, 3.8) is 0 Å².